The second-order valence-electron chi connectivity index (χ2n) is 5.67. The maximum absolute atomic E-state index is 8.73. The molecule has 3 nitrogen and oxygen atoms in total. The maximum atomic E-state index is 8.73. The largest absolute Gasteiger partial charge is 0.494 e. The Balaban J connectivity index is 0.000000956. The number of rotatable bonds is 2. The van der Waals surface area contributed by atoms with Crippen LogP contribution in [0.4, 0.5) is 0 Å². The Hall–Kier alpha value is -1.31. The molecule has 0 radical (unpaired) electrons. The first-order valence-corrected chi connectivity index (χ1v) is 7.17. The van der Waals surface area contributed by atoms with Crippen molar-refractivity contribution in [3.8, 4) is 6.07 Å². The molecular formula is C16H24BNO2. The van der Waals surface area contributed by atoms with Gasteiger partial charge in [-0.2, -0.15) is 5.26 Å². The molecule has 1 fully saturated rings. The van der Waals surface area contributed by atoms with Crippen LogP contribution in [-0.4, -0.2) is 18.3 Å². The first-order chi connectivity index (χ1) is 9.36. The van der Waals surface area contributed by atoms with Crippen molar-refractivity contribution < 1.29 is 9.31 Å². The summed E-state index contributed by atoms with van der Waals surface area (Å²) in [6.45, 7) is 12.1. The van der Waals surface area contributed by atoms with Gasteiger partial charge >= 0.3 is 7.12 Å². The van der Waals surface area contributed by atoms with Gasteiger partial charge in [-0.15, -0.1) is 0 Å². The highest BCUT2D eigenvalue weighted by Gasteiger charge is 2.51. The van der Waals surface area contributed by atoms with E-state index in [-0.39, 0.29) is 18.3 Å². The molecule has 4 heteroatoms. The summed E-state index contributed by atoms with van der Waals surface area (Å²) in [6.07, 6.45) is 0.410. The summed E-state index contributed by atoms with van der Waals surface area (Å²) in [4.78, 5) is 0. The lowest BCUT2D eigenvalue weighted by atomic mass is 9.78. The highest BCUT2D eigenvalue weighted by Crippen LogP contribution is 2.36. The highest BCUT2D eigenvalue weighted by molar-refractivity contribution is 6.62. The molecule has 1 aliphatic heterocycles. The second kappa shape index (κ2) is 6.43. The average Bonchev–Trinajstić information content (AvgIpc) is 2.62. The van der Waals surface area contributed by atoms with Crippen molar-refractivity contribution in [2.75, 3.05) is 0 Å². The quantitative estimate of drug-likeness (QED) is 0.778. The van der Waals surface area contributed by atoms with Crippen LogP contribution in [-0.2, 0) is 15.7 Å². The Labute approximate surface area is 123 Å². The Morgan fingerprint density at radius 3 is 2.15 bits per heavy atom. The van der Waals surface area contributed by atoms with Crippen molar-refractivity contribution in [2.45, 2.75) is 59.2 Å². The van der Waals surface area contributed by atoms with Crippen molar-refractivity contribution in [2.24, 2.45) is 0 Å². The second-order valence-corrected chi connectivity index (χ2v) is 5.67. The minimum Gasteiger partial charge on any atom is -0.399 e. The van der Waals surface area contributed by atoms with E-state index in [1.54, 1.807) is 0 Å². The van der Waals surface area contributed by atoms with Crippen LogP contribution in [0, 0.1) is 11.3 Å². The van der Waals surface area contributed by atoms with Crippen molar-refractivity contribution in [1.82, 2.24) is 0 Å². The summed E-state index contributed by atoms with van der Waals surface area (Å²) < 4.78 is 12.0. The van der Waals surface area contributed by atoms with Crippen molar-refractivity contribution in [3.63, 3.8) is 0 Å². The van der Waals surface area contributed by atoms with E-state index < -0.39 is 0 Å². The standard InChI is InChI=1S/C14H18BNO2.C2H6/c1-13(2)14(3,4)18-15(17-13)12-7-5-6-11(10-12)8-9-16;1-2/h5-7,10H,8H2,1-4H3;1-2H3. The molecule has 1 heterocycles. The number of benzene rings is 1. The fourth-order valence-electron chi connectivity index (χ4n) is 1.92. The van der Waals surface area contributed by atoms with E-state index in [0.29, 0.717) is 6.42 Å². The van der Waals surface area contributed by atoms with Crippen LogP contribution in [0.5, 0.6) is 0 Å². The van der Waals surface area contributed by atoms with Gasteiger partial charge in [-0.05, 0) is 38.7 Å². The third kappa shape index (κ3) is 3.42. The predicted molar refractivity (Wildman–Crippen MR) is 82.8 cm³/mol. The molecule has 1 aliphatic rings. The van der Waals surface area contributed by atoms with Gasteiger partial charge in [-0.1, -0.05) is 38.1 Å². The van der Waals surface area contributed by atoms with Gasteiger partial charge in [-0.25, -0.2) is 0 Å². The minimum atomic E-state index is -0.353. The molecule has 20 heavy (non-hydrogen) atoms. The van der Waals surface area contributed by atoms with Gasteiger partial charge < -0.3 is 9.31 Å². The maximum Gasteiger partial charge on any atom is 0.494 e. The number of hydrogen-bond acceptors (Lipinski definition) is 3. The summed E-state index contributed by atoms with van der Waals surface area (Å²) in [5.41, 5.74) is 1.30. The first kappa shape index (κ1) is 16.7. The van der Waals surface area contributed by atoms with E-state index in [9.17, 15) is 0 Å². The molecule has 1 aromatic carbocycles. The van der Waals surface area contributed by atoms with Crippen molar-refractivity contribution in [1.29, 1.82) is 5.26 Å². The fraction of sp³-hybridized carbons (Fsp3) is 0.562. The van der Waals surface area contributed by atoms with Gasteiger partial charge in [0.2, 0.25) is 0 Å². The normalized spacial score (nSPS) is 18.9. The summed E-state index contributed by atoms with van der Waals surface area (Å²) in [6, 6.07) is 9.99. The smallest absolute Gasteiger partial charge is 0.399 e. The SMILES string of the molecule is CC.CC1(C)OB(c2cccc(CC#N)c2)OC1(C)C. The van der Waals surface area contributed by atoms with Gasteiger partial charge in [0.15, 0.2) is 0 Å². The lowest BCUT2D eigenvalue weighted by Crippen LogP contribution is -2.41. The zero-order valence-corrected chi connectivity index (χ0v) is 13.4. The monoisotopic (exact) mass is 273 g/mol. The van der Waals surface area contributed by atoms with Gasteiger partial charge in [0, 0.05) is 0 Å². The van der Waals surface area contributed by atoms with Crippen molar-refractivity contribution in [3.05, 3.63) is 29.8 Å². The van der Waals surface area contributed by atoms with E-state index >= 15 is 0 Å². The Bertz CT molecular complexity index is 475. The van der Waals surface area contributed by atoms with Crippen LogP contribution in [0.25, 0.3) is 0 Å². The number of hydrogen-bond donors (Lipinski definition) is 0. The van der Waals surface area contributed by atoms with Crippen LogP contribution in [0.15, 0.2) is 24.3 Å². The molecule has 0 amide bonds. The van der Waals surface area contributed by atoms with Crippen LogP contribution in [0.2, 0.25) is 0 Å². The molecule has 1 saturated heterocycles. The van der Waals surface area contributed by atoms with Crippen LogP contribution >= 0.6 is 0 Å². The van der Waals surface area contributed by atoms with E-state index in [1.165, 1.54) is 0 Å². The molecular weight excluding hydrogens is 249 g/mol. The molecule has 0 atom stereocenters. The molecule has 0 unspecified atom stereocenters. The van der Waals surface area contributed by atoms with Crippen LogP contribution in [0.3, 0.4) is 0 Å². The molecule has 0 aromatic heterocycles. The Kier molecular flexibility index (Phi) is 5.38. The summed E-state index contributed by atoms with van der Waals surface area (Å²) >= 11 is 0. The Morgan fingerprint density at radius 1 is 1.10 bits per heavy atom. The van der Waals surface area contributed by atoms with Crippen LogP contribution in [0.1, 0.15) is 47.1 Å². The zero-order valence-electron chi connectivity index (χ0n) is 13.4. The van der Waals surface area contributed by atoms with Gasteiger partial charge in [-0.3, -0.25) is 0 Å². The topological polar surface area (TPSA) is 42.2 Å². The minimum absolute atomic E-state index is 0.330. The van der Waals surface area contributed by atoms with Gasteiger partial charge in [0.05, 0.1) is 23.7 Å². The predicted octanol–water partition coefficient (Wildman–Crippen LogP) is 3.08. The average molecular weight is 273 g/mol. The summed E-state index contributed by atoms with van der Waals surface area (Å²) in [7, 11) is -0.353. The fourth-order valence-corrected chi connectivity index (χ4v) is 1.92. The third-order valence-corrected chi connectivity index (χ3v) is 3.76. The van der Waals surface area contributed by atoms with Gasteiger partial charge in [0.25, 0.3) is 0 Å². The lowest BCUT2D eigenvalue weighted by Gasteiger charge is -2.32. The number of nitriles is 1. The molecule has 0 aliphatic carbocycles. The van der Waals surface area contributed by atoms with Crippen LogP contribution < -0.4 is 5.46 Å². The highest BCUT2D eigenvalue weighted by atomic mass is 16.7. The lowest BCUT2D eigenvalue weighted by molar-refractivity contribution is 0.00578. The molecule has 2 rings (SSSR count). The molecule has 0 saturated carbocycles. The Morgan fingerprint density at radius 2 is 1.65 bits per heavy atom. The summed E-state index contributed by atoms with van der Waals surface area (Å²) in [5.74, 6) is 0. The van der Waals surface area contributed by atoms with E-state index in [4.69, 9.17) is 14.6 Å². The molecule has 1 aromatic rings. The summed E-state index contributed by atoms with van der Waals surface area (Å²) in [5, 5.41) is 8.73. The molecule has 0 bridgehead atoms. The number of nitrogens with zero attached hydrogens (tertiary/aromatic N) is 1. The molecule has 0 spiro atoms. The van der Waals surface area contributed by atoms with E-state index in [1.807, 2.05) is 65.8 Å². The van der Waals surface area contributed by atoms with Gasteiger partial charge in [0.1, 0.15) is 0 Å². The van der Waals surface area contributed by atoms with E-state index in [0.717, 1.165) is 11.0 Å². The third-order valence-electron chi connectivity index (χ3n) is 3.76. The van der Waals surface area contributed by atoms with E-state index in [2.05, 4.69) is 6.07 Å². The van der Waals surface area contributed by atoms with Crippen molar-refractivity contribution >= 4 is 12.6 Å². The molecule has 0 N–H and O–H groups in total. The first-order valence-electron chi connectivity index (χ1n) is 7.17. The zero-order chi connectivity index (χ0) is 15.4. The molecule has 108 valence electrons.